The summed E-state index contributed by atoms with van der Waals surface area (Å²) in [6, 6.07) is 3.91. The number of carbonyl (C=O) groups excluding carboxylic acids is 1. The van der Waals surface area contributed by atoms with Crippen LogP contribution in [0, 0.1) is 0 Å². The summed E-state index contributed by atoms with van der Waals surface area (Å²) >= 11 is 1.59. The molecule has 1 heterocycles. The van der Waals surface area contributed by atoms with E-state index in [1.165, 1.54) is 6.42 Å². The van der Waals surface area contributed by atoms with Crippen LogP contribution >= 0.6 is 11.3 Å². The van der Waals surface area contributed by atoms with Gasteiger partial charge in [0.15, 0.2) is 0 Å². The van der Waals surface area contributed by atoms with Gasteiger partial charge in [-0.15, -0.1) is 11.3 Å². The zero-order chi connectivity index (χ0) is 10.5. The minimum Gasteiger partial charge on any atom is -0.431 e. The average Bonchev–Trinajstić information content (AvgIpc) is 2.71. The Bertz CT molecular complexity index is 352. The Morgan fingerprint density at radius 2 is 2.40 bits per heavy atom. The van der Waals surface area contributed by atoms with E-state index < -0.39 is 0 Å². The Labute approximate surface area is 93.6 Å². The first-order valence-corrected chi connectivity index (χ1v) is 6.14. The first-order chi connectivity index (χ1) is 7.34. The Kier molecular flexibility index (Phi) is 3.56. The lowest BCUT2D eigenvalue weighted by molar-refractivity contribution is -0.139. The third-order valence-corrected chi connectivity index (χ3v) is 3.27. The maximum Gasteiger partial charge on any atom is 0.316 e. The molecule has 2 rings (SSSR count). The van der Waals surface area contributed by atoms with Crippen LogP contribution in [0.3, 0.4) is 0 Å². The molecular weight excluding hydrogens is 208 g/mol. The summed E-state index contributed by atoms with van der Waals surface area (Å²) in [4.78, 5) is 12.6. The molecule has 1 aliphatic rings. The van der Waals surface area contributed by atoms with Gasteiger partial charge in [-0.25, -0.2) is 0 Å². The number of thiophene rings is 1. The van der Waals surface area contributed by atoms with Gasteiger partial charge in [0, 0.05) is 11.3 Å². The fourth-order valence-corrected chi connectivity index (χ4v) is 2.33. The SMILES string of the molecule is O=C(Cc1cccs1)OC1=CCCCC1. The van der Waals surface area contributed by atoms with Crippen molar-refractivity contribution in [3.05, 3.63) is 34.2 Å². The van der Waals surface area contributed by atoms with Gasteiger partial charge >= 0.3 is 5.97 Å². The van der Waals surface area contributed by atoms with Crippen LogP contribution in [0.2, 0.25) is 0 Å². The molecule has 1 aliphatic carbocycles. The fourth-order valence-electron chi connectivity index (χ4n) is 1.64. The number of hydrogen-bond donors (Lipinski definition) is 0. The van der Waals surface area contributed by atoms with Crippen LogP contribution in [0.25, 0.3) is 0 Å². The third-order valence-electron chi connectivity index (χ3n) is 2.39. The quantitative estimate of drug-likeness (QED) is 0.733. The van der Waals surface area contributed by atoms with Gasteiger partial charge in [-0.3, -0.25) is 4.79 Å². The molecule has 0 radical (unpaired) electrons. The van der Waals surface area contributed by atoms with Crippen molar-refractivity contribution in [2.24, 2.45) is 0 Å². The zero-order valence-corrected chi connectivity index (χ0v) is 9.39. The molecule has 0 aromatic carbocycles. The van der Waals surface area contributed by atoms with Crippen molar-refractivity contribution in [3.63, 3.8) is 0 Å². The van der Waals surface area contributed by atoms with E-state index in [0.29, 0.717) is 6.42 Å². The summed E-state index contributed by atoms with van der Waals surface area (Å²) in [6.07, 6.45) is 6.74. The highest BCUT2D eigenvalue weighted by atomic mass is 32.1. The van der Waals surface area contributed by atoms with Crippen LogP contribution < -0.4 is 0 Å². The zero-order valence-electron chi connectivity index (χ0n) is 8.57. The molecule has 1 aromatic rings. The molecular formula is C12H14O2S. The molecule has 2 nitrogen and oxygen atoms in total. The molecule has 0 unspecified atom stereocenters. The normalized spacial score (nSPS) is 15.9. The van der Waals surface area contributed by atoms with Gasteiger partial charge in [-0.2, -0.15) is 0 Å². The van der Waals surface area contributed by atoms with Gasteiger partial charge in [0.1, 0.15) is 5.76 Å². The lowest BCUT2D eigenvalue weighted by Crippen LogP contribution is -2.08. The highest BCUT2D eigenvalue weighted by molar-refractivity contribution is 7.10. The van der Waals surface area contributed by atoms with Gasteiger partial charge in [0.2, 0.25) is 0 Å². The van der Waals surface area contributed by atoms with E-state index in [4.69, 9.17) is 4.74 Å². The topological polar surface area (TPSA) is 26.3 Å². The monoisotopic (exact) mass is 222 g/mol. The molecule has 0 bridgehead atoms. The minimum atomic E-state index is -0.134. The standard InChI is InChI=1S/C12H14O2S/c13-12(9-11-7-4-8-15-11)14-10-5-2-1-3-6-10/h4-5,7-8H,1-3,6,9H2. The Morgan fingerprint density at radius 1 is 1.47 bits per heavy atom. The predicted octanol–water partition coefficient (Wildman–Crippen LogP) is 3.29. The van der Waals surface area contributed by atoms with Crippen LogP contribution in [0.1, 0.15) is 30.6 Å². The summed E-state index contributed by atoms with van der Waals surface area (Å²) in [5.74, 6) is 0.730. The van der Waals surface area contributed by atoms with E-state index in [0.717, 1.165) is 29.9 Å². The molecule has 0 atom stereocenters. The average molecular weight is 222 g/mol. The van der Waals surface area contributed by atoms with Crippen molar-refractivity contribution in [1.29, 1.82) is 0 Å². The summed E-state index contributed by atoms with van der Waals surface area (Å²) in [5, 5.41) is 1.97. The second-order valence-electron chi connectivity index (χ2n) is 3.65. The third kappa shape index (κ3) is 3.20. The van der Waals surface area contributed by atoms with Crippen molar-refractivity contribution >= 4 is 17.3 Å². The summed E-state index contributed by atoms with van der Waals surface area (Å²) in [5.41, 5.74) is 0. The van der Waals surface area contributed by atoms with E-state index in [2.05, 4.69) is 0 Å². The second-order valence-corrected chi connectivity index (χ2v) is 4.68. The number of ether oxygens (including phenoxy) is 1. The highest BCUT2D eigenvalue weighted by Gasteiger charge is 2.10. The number of rotatable bonds is 3. The maximum atomic E-state index is 11.5. The maximum absolute atomic E-state index is 11.5. The van der Waals surface area contributed by atoms with E-state index in [1.54, 1.807) is 11.3 Å². The molecule has 0 saturated heterocycles. The van der Waals surface area contributed by atoms with E-state index in [-0.39, 0.29) is 5.97 Å². The number of allylic oxidation sites excluding steroid dienone is 2. The van der Waals surface area contributed by atoms with E-state index in [1.807, 2.05) is 23.6 Å². The summed E-state index contributed by atoms with van der Waals surface area (Å²) < 4.78 is 5.29. The van der Waals surface area contributed by atoms with Gasteiger partial charge < -0.3 is 4.74 Å². The molecule has 0 spiro atoms. The number of hydrogen-bond acceptors (Lipinski definition) is 3. The molecule has 3 heteroatoms. The Balaban J connectivity index is 1.84. The lowest BCUT2D eigenvalue weighted by Gasteiger charge is -2.12. The smallest absolute Gasteiger partial charge is 0.316 e. The molecule has 0 aliphatic heterocycles. The highest BCUT2D eigenvalue weighted by Crippen LogP contribution is 2.19. The van der Waals surface area contributed by atoms with Gasteiger partial charge in [0.25, 0.3) is 0 Å². The summed E-state index contributed by atoms with van der Waals surface area (Å²) in [6.45, 7) is 0. The van der Waals surface area contributed by atoms with Gasteiger partial charge in [-0.05, 0) is 36.8 Å². The van der Waals surface area contributed by atoms with Gasteiger partial charge in [-0.1, -0.05) is 6.07 Å². The van der Waals surface area contributed by atoms with Crippen LogP contribution in [0.15, 0.2) is 29.3 Å². The minimum absolute atomic E-state index is 0.134. The first-order valence-electron chi connectivity index (χ1n) is 5.27. The predicted molar refractivity (Wildman–Crippen MR) is 60.7 cm³/mol. The van der Waals surface area contributed by atoms with Crippen molar-refractivity contribution in [3.8, 4) is 0 Å². The van der Waals surface area contributed by atoms with E-state index in [9.17, 15) is 4.79 Å². The molecule has 0 amide bonds. The van der Waals surface area contributed by atoms with Crippen molar-refractivity contribution in [2.75, 3.05) is 0 Å². The Morgan fingerprint density at radius 3 is 3.07 bits per heavy atom. The molecule has 80 valence electrons. The van der Waals surface area contributed by atoms with Crippen molar-refractivity contribution in [1.82, 2.24) is 0 Å². The van der Waals surface area contributed by atoms with Gasteiger partial charge in [0.05, 0.1) is 6.42 Å². The first kappa shape index (κ1) is 10.4. The fraction of sp³-hybridized carbons (Fsp3) is 0.417. The Hall–Kier alpha value is -1.09. The summed E-state index contributed by atoms with van der Waals surface area (Å²) in [7, 11) is 0. The number of esters is 1. The van der Waals surface area contributed by atoms with Crippen LogP contribution in [0.5, 0.6) is 0 Å². The molecule has 0 fully saturated rings. The van der Waals surface area contributed by atoms with Crippen LogP contribution in [-0.4, -0.2) is 5.97 Å². The molecule has 15 heavy (non-hydrogen) atoms. The van der Waals surface area contributed by atoms with Crippen LogP contribution in [-0.2, 0) is 16.0 Å². The second kappa shape index (κ2) is 5.12. The molecule has 1 aromatic heterocycles. The number of carbonyl (C=O) groups is 1. The van der Waals surface area contributed by atoms with E-state index >= 15 is 0 Å². The van der Waals surface area contributed by atoms with Crippen LogP contribution in [0.4, 0.5) is 0 Å². The molecule has 0 saturated carbocycles. The van der Waals surface area contributed by atoms with Crippen molar-refractivity contribution in [2.45, 2.75) is 32.1 Å². The lowest BCUT2D eigenvalue weighted by atomic mass is 10.1. The molecule has 0 N–H and O–H groups in total. The largest absolute Gasteiger partial charge is 0.431 e. The van der Waals surface area contributed by atoms with Crippen molar-refractivity contribution < 1.29 is 9.53 Å².